The summed E-state index contributed by atoms with van der Waals surface area (Å²) in [5.41, 5.74) is 0.814. The van der Waals surface area contributed by atoms with Crippen LogP contribution in [0.4, 0.5) is 5.82 Å². The Morgan fingerprint density at radius 3 is 2.77 bits per heavy atom. The smallest absolute Gasteiger partial charge is 0.227 e. The lowest BCUT2D eigenvalue weighted by Crippen LogP contribution is -2.48. The first-order chi connectivity index (χ1) is 12.8. The number of hydrogen-bond acceptors (Lipinski definition) is 6. The molecule has 0 aromatic carbocycles. The highest BCUT2D eigenvalue weighted by Gasteiger charge is 2.33. The Bertz CT molecular complexity index is 811. The third-order valence-corrected chi connectivity index (χ3v) is 5.67. The summed E-state index contributed by atoms with van der Waals surface area (Å²) in [4.78, 5) is 21.6. The number of carbonyl (C=O) groups excluding carboxylic acids is 1. The van der Waals surface area contributed by atoms with E-state index >= 15 is 0 Å². The van der Waals surface area contributed by atoms with Gasteiger partial charge in [0.2, 0.25) is 11.6 Å². The van der Waals surface area contributed by atoms with Gasteiger partial charge >= 0.3 is 0 Å². The number of hydrogen-bond donors (Lipinski definition) is 0. The number of anilines is 1. The minimum Gasteiger partial charge on any atom is -0.378 e. The maximum Gasteiger partial charge on any atom is 0.227 e. The van der Waals surface area contributed by atoms with Crippen LogP contribution in [-0.2, 0) is 9.53 Å². The molecule has 8 nitrogen and oxygen atoms in total. The van der Waals surface area contributed by atoms with Crippen LogP contribution in [0.3, 0.4) is 0 Å². The summed E-state index contributed by atoms with van der Waals surface area (Å²) in [6.45, 7) is 4.31. The molecule has 4 heterocycles. The second-order valence-electron chi connectivity index (χ2n) is 7.50. The third kappa shape index (κ3) is 2.82. The van der Waals surface area contributed by atoms with E-state index in [1.165, 1.54) is 12.8 Å². The largest absolute Gasteiger partial charge is 0.378 e. The van der Waals surface area contributed by atoms with Gasteiger partial charge in [0.15, 0.2) is 5.82 Å². The van der Waals surface area contributed by atoms with Crippen LogP contribution in [0.15, 0.2) is 12.4 Å². The Balaban J connectivity index is 1.38. The molecule has 0 spiro atoms. The van der Waals surface area contributed by atoms with Crippen molar-refractivity contribution in [2.75, 3.05) is 44.3 Å². The monoisotopic (exact) mass is 356 g/mol. The van der Waals surface area contributed by atoms with Gasteiger partial charge in [-0.3, -0.25) is 9.20 Å². The van der Waals surface area contributed by atoms with E-state index in [-0.39, 0.29) is 11.8 Å². The number of piperidine rings is 1. The van der Waals surface area contributed by atoms with E-state index < -0.39 is 0 Å². The van der Waals surface area contributed by atoms with E-state index in [1.54, 1.807) is 0 Å². The SMILES string of the molecule is O=C(C1CCCN(c2nccn3c(C4CC4)nnc23)C1)N1CCOCC1. The lowest BCUT2D eigenvalue weighted by atomic mass is 9.96. The summed E-state index contributed by atoms with van der Waals surface area (Å²) in [7, 11) is 0. The van der Waals surface area contributed by atoms with Gasteiger partial charge in [0.25, 0.3) is 0 Å². The van der Waals surface area contributed by atoms with Crippen molar-refractivity contribution < 1.29 is 9.53 Å². The molecule has 138 valence electrons. The van der Waals surface area contributed by atoms with Gasteiger partial charge < -0.3 is 14.5 Å². The predicted molar refractivity (Wildman–Crippen MR) is 95.1 cm³/mol. The zero-order valence-corrected chi connectivity index (χ0v) is 14.9. The van der Waals surface area contributed by atoms with Crippen molar-refractivity contribution in [3.05, 3.63) is 18.2 Å². The molecule has 3 aliphatic rings. The molecule has 1 unspecified atom stereocenters. The number of carbonyl (C=O) groups is 1. The fraction of sp³-hybridized carbons (Fsp3) is 0.667. The first-order valence-electron chi connectivity index (χ1n) is 9.62. The van der Waals surface area contributed by atoms with E-state index in [0.29, 0.717) is 38.8 Å². The molecule has 0 bridgehead atoms. The Morgan fingerprint density at radius 1 is 1.12 bits per heavy atom. The average molecular weight is 356 g/mol. The molecule has 2 aliphatic heterocycles. The van der Waals surface area contributed by atoms with Crippen molar-refractivity contribution in [2.45, 2.75) is 31.6 Å². The number of rotatable bonds is 3. The molecule has 1 atom stereocenters. The Kier molecular flexibility index (Phi) is 4.00. The summed E-state index contributed by atoms with van der Waals surface area (Å²) in [5, 5.41) is 8.81. The molecule has 0 radical (unpaired) electrons. The van der Waals surface area contributed by atoms with Crippen LogP contribution in [0.1, 0.15) is 37.4 Å². The highest BCUT2D eigenvalue weighted by Crippen LogP contribution is 2.39. The molecule has 1 saturated carbocycles. The minimum atomic E-state index is 0.0229. The molecular formula is C18H24N6O2. The molecule has 3 fully saturated rings. The number of morpholine rings is 1. The van der Waals surface area contributed by atoms with Crippen LogP contribution in [-0.4, -0.2) is 69.8 Å². The van der Waals surface area contributed by atoms with Crippen molar-refractivity contribution in [1.29, 1.82) is 0 Å². The highest BCUT2D eigenvalue weighted by molar-refractivity contribution is 5.80. The van der Waals surface area contributed by atoms with Crippen molar-refractivity contribution in [1.82, 2.24) is 24.5 Å². The fourth-order valence-corrected chi connectivity index (χ4v) is 4.09. The van der Waals surface area contributed by atoms with E-state index in [4.69, 9.17) is 4.74 Å². The quantitative estimate of drug-likeness (QED) is 0.819. The maximum atomic E-state index is 12.9. The number of ether oxygens (including phenoxy) is 1. The summed E-state index contributed by atoms with van der Waals surface area (Å²) in [5.74, 6) is 2.71. The van der Waals surface area contributed by atoms with Gasteiger partial charge in [0.1, 0.15) is 5.82 Å². The van der Waals surface area contributed by atoms with Crippen LogP contribution in [0.25, 0.3) is 5.65 Å². The highest BCUT2D eigenvalue weighted by atomic mass is 16.5. The van der Waals surface area contributed by atoms with E-state index in [1.807, 2.05) is 17.3 Å². The minimum absolute atomic E-state index is 0.0229. The Labute approximate surface area is 152 Å². The van der Waals surface area contributed by atoms with Gasteiger partial charge in [-0.25, -0.2) is 4.98 Å². The normalized spacial score (nSPS) is 24.2. The molecule has 1 aliphatic carbocycles. The maximum absolute atomic E-state index is 12.9. The summed E-state index contributed by atoms with van der Waals surface area (Å²) < 4.78 is 7.45. The lowest BCUT2D eigenvalue weighted by Gasteiger charge is -2.36. The second kappa shape index (κ2) is 6.50. The van der Waals surface area contributed by atoms with E-state index in [2.05, 4.69) is 24.5 Å². The predicted octanol–water partition coefficient (Wildman–Crippen LogP) is 1.08. The van der Waals surface area contributed by atoms with Crippen LogP contribution < -0.4 is 4.90 Å². The molecule has 0 N–H and O–H groups in total. The summed E-state index contributed by atoms with van der Waals surface area (Å²) in [6.07, 6.45) is 8.09. The average Bonchev–Trinajstić information content (AvgIpc) is 3.46. The van der Waals surface area contributed by atoms with Gasteiger partial charge in [-0.15, -0.1) is 10.2 Å². The zero-order valence-electron chi connectivity index (χ0n) is 14.9. The molecule has 5 rings (SSSR count). The Morgan fingerprint density at radius 2 is 1.96 bits per heavy atom. The van der Waals surface area contributed by atoms with E-state index in [9.17, 15) is 4.79 Å². The first kappa shape index (κ1) is 16.0. The van der Waals surface area contributed by atoms with Crippen LogP contribution in [0.2, 0.25) is 0 Å². The number of fused-ring (bicyclic) bond motifs is 1. The third-order valence-electron chi connectivity index (χ3n) is 5.67. The topological polar surface area (TPSA) is 75.9 Å². The van der Waals surface area contributed by atoms with E-state index in [0.717, 1.165) is 36.7 Å². The summed E-state index contributed by atoms with van der Waals surface area (Å²) in [6, 6.07) is 0. The fourth-order valence-electron chi connectivity index (χ4n) is 4.09. The number of nitrogens with zero attached hydrogens (tertiary/aromatic N) is 6. The van der Waals surface area contributed by atoms with Gasteiger partial charge in [0.05, 0.1) is 19.1 Å². The number of amides is 1. The molecule has 2 aromatic rings. The van der Waals surface area contributed by atoms with Crippen molar-refractivity contribution in [2.24, 2.45) is 5.92 Å². The molecule has 2 saturated heterocycles. The van der Waals surface area contributed by atoms with Crippen LogP contribution >= 0.6 is 0 Å². The molecular weight excluding hydrogens is 332 g/mol. The molecule has 1 amide bonds. The van der Waals surface area contributed by atoms with Gasteiger partial charge in [-0.05, 0) is 25.7 Å². The van der Waals surface area contributed by atoms with Crippen molar-refractivity contribution in [3.63, 3.8) is 0 Å². The van der Waals surface area contributed by atoms with Gasteiger partial charge in [-0.1, -0.05) is 0 Å². The molecule has 26 heavy (non-hydrogen) atoms. The first-order valence-corrected chi connectivity index (χ1v) is 9.62. The molecule has 8 heteroatoms. The van der Waals surface area contributed by atoms with Gasteiger partial charge in [-0.2, -0.15) is 0 Å². The number of aromatic nitrogens is 4. The second-order valence-corrected chi connectivity index (χ2v) is 7.50. The lowest BCUT2D eigenvalue weighted by molar-refractivity contribution is -0.139. The Hall–Kier alpha value is -2.22. The zero-order chi connectivity index (χ0) is 17.5. The van der Waals surface area contributed by atoms with Crippen molar-refractivity contribution >= 4 is 17.4 Å². The van der Waals surface area contributed by atoms with Gasteiger partial charge in [0, 0.05) is 44.5 Å². The summed E-state index contributed by atoms with van der Waals surface area (Å²) >= 11 is 0. The standard InChI is InChI=1S/C18H24N6O2/c25-18(22-8-10-26-11-9-22)14-2-1-6-23(12-14)16-17-21-20-15(13-3-4-13)24(17)7-5-19-16/h5,7,13-14H,1-4,6,8-12H2. The van der Waals surface area contributed by atoms with Crippen LogP contribution in [0.5, 0.6) is 0 Å². The molecule has 2 aromatic heterocycles. The van der Waals surface area contributed by atoms with Crippen LogP contribution in [0, 0.1) is 5.92 Å². The van der Waals surface area contributed by atoms with Crippen molar-refractivity contribution in [3.8, 4) is 0 Å².